The van der Waals surface area contributed by atoms with E-state index in [1.807, 2.05) is 27.7 Å². The number of aliphatic hydroxyl groups is 1. The predicted octanol–water partition coefficient (Wildman–Crippen LogP) is 2.81. The van der Waals surface area contributed by atoms with Crippen molar-refractivity contribution in [2.75, 3.05) is 18.9 Å². The standard InChI is InChI=1S/C21H41N3O6Si2/c1-14(2)31(27,15(3)4)30-32(16(5)6,17(7)8)29-12-18-11-21(26,13-28-18)24-10-9-19(22)23-20(24)25/h9-10,14-18,26-27H,11-13H2,1-8H3,(H2,22,23,25). The predicted molar refractivity (Wildman–Crippen MR) is 129 cm³/mol. The lowest BCUT2D eigenvalue weighted by Gasteiger charge is -2.46. The van der Waals surface area contributed by atoms with Gasteiger partial charge in [0.1, 0.15) is 5.82 Å². The number of nitrogen functional groups attached to an aromatic ring is 1. The highest BCUT2D eigenvalue weighted by Crippen LogP contribution is 2.42. The van der Waals surface area contributed by atoms with Crippen LogP contribution >= 0.6 is 0 Å². The Kier molecular flexibility index (Phi) is 8.52. The van der Waals surface area contributed by atoms with E-state index in [2.05, 4.69) is 32.7 Å². The third-order valence-electron chi connectivity index (χ3n) is 6.46. The van der Waals surface area contributed by atoms with Crippen LogP contribution in [-0.4, -0.2) is 55.9 Å². The van der Waals surface area contributed by atoms with Crippen LogP contribution in [0.25, 0.3) is 0 Å². The van der Waals surface area contributed by atoms with Gasteiger partial charge in [0, 0.05) is 12.6 Å². The van der Waals surface area contributed by atoms with Crippen LogP contribution in [0.3, 0.4) is 0 Å². The average Bonchev–Trinajstić information content (AvgIpc) is 3.05. The number of nitrogens with two attached hydrogens (primary N) is 1. The Morgan fingerprint density at radius 3 is 2.22 bits per heavy atom. The summed E-state index contributed by atoms with van der Waals surface area (Å²) in [7, 11) is -5.92. The van der Waals surface area contributed by atoms with Crippen LogP contribution in [0.2, 0.25) is 22.2 Å². The second kappa shape index (κ2) is 10.0. The Morgan fingerprint density at radius 1 is 1.19 bits per heavy atom. The molecular formula is C21H41N3O6Si2. The fourth-order valence-electron chi connectivity index (χ4n) is 4.39. The molecule has 0 amide bonds. The molecule has 2 rings (SSSR count). The third kappa shape index (κ3) is 5.35. The Bertz CT molecular complexity index is 816. The summed E-state index contributed by atoms with van der Waals surface area (Å²) < 4.78 is 20.2. The van der Waals surface area contributed by atoms with Gasteiger partial charge in [-0.1, -0.05) is 55.4 Å². The first-order valence-corrected chi connectivity index (χ1v) is 15.4. The number of ether oxygens (including phenoxy) is 1. The van der Waals surface area contributed by atoms with Crippen LogP contribution in [0.4, 0.5) is 5.82 Å². The molecule has 1 fully saturated rings. The lowest BCUT2D eigenvalue weighted by molar-refractivity contribution is -0.0480. The Hall–Kier alpha value is -1.09. The molecule has 4 N–H and O–H groups in total. The summed E-state index contributed by atoms with van der Waals surface area (Å²) in [6.45, 7) is 16.5. The van der Waals surface area contributed by atoms with Crippen LogP contribution in [0.1, 0.15) is 61.8 Å². The zero-order valence-electron chi connectivity index (χ0n) is 20.7. The van der Waals surface area contributed by atoms with Crippen molar-refractivity contribution >= 4 is 22.9 Å². The highest BCUT2D eigenvalue weighted by molar-refractivity contribution is 6.83. The molecule has 32 heavy (non-hydrogen) atoms. The van der Waals surface area contributed by atoms with Crippen LogP contribution in [0.15, 0.2) is 17.1 Å². The number of aromatic nitrogens is 2. The van der Waals surface area contributed by atoms with E-state index in [0.29, 0.717) is 0 Å². The first kappa shape index (κ1) is 27.2. The van der Waals surface area contributed by atoms with Gasteiger partial charge in [-0.15, -0.1) is 0 Å². The SMILES string of the molecule is CC(C)[Si](O)(O[Si](OCC1CC(O)(n2ccc(N)nc2=O)CO1)(C(C)C)C(C)C)C(C)C. The van der Waals surface area contributed by atoms with E-state index < -0.39 is 34.6 Å². The van der Waals surface area contributed by atoms with Crippen molar-refractivity contribution in [3.63, 3.8) is 0 Å². The topological polar surface area (TPSA) is 129 Å². The largest absolute Gasteiger partial charge is 0.414 e. The summed E-state index contributed by atoms with van der Waals surface area (Å²) in [6.07, 6.45) is 1.18. The van der Waals surface area contributed by atoms with Crippen molar-refractivity contribution in [3.8, 4) is 0 Å². The number of hydrogen-bond acceptors (Lipinski definition) is 8. The summed E-state index contributed by atoms with van der Waals surface area (Å²) in [5.41, 5.74) is 3.66. The monoisotopic (exact) mass is 487 g/mol. The van der Waals surface area contributed by atoms with Gasteiger partial charge in [0.15, 0.2) is 5.72 Å². The maximum absolute atomic E-state index is 12.2. The molecule has 1 aromatic rings. The molecule has 2 atom stereocenters. The molecule has 0 saturated carbocycles. The van der Waals surface area contributed by atoms with Gasteiger partial charge < -0.3 is 28.9 Å². The van der Waals surface area contributed by atoms with E-state index in [1.54, 1.807) is 0 Å². The van der Waals surface area contributed by atoms with Gasteiger partial charge in [-0.2, -0.15) is 4.98 Å². The van der Waals surface area contributed by atoms with E-state index >= 15 is 0 Å². The molecule has 2 unspecified atom stereocenters. The lowest BCUT2D eigenvalue weighted by atomic mass is 10.1. The van der Waals surface area contributed by atoms with Gasteiger partial charge in [0.25, 0.3) is 0 Å². The molecule has 0 bridgehead atoms. The molecule has 0 aliphatic carbocycles. The van der Waals surface area contributed by atoms with Crippen LogP contribution in [0.5, 0.6) is 0 Å². The third-order valence-corrected chi connectivity index (χ3v) is 16.2. The summed E-state index contributed by atoms with van der Waals surface area (Å²) in [5, 5.41) is 11.0. The first-order valence-electron chi connectivity index (χ1n) is 11.4. The quantitative estimate of drug-likeness (QED) is 0.430. The summed E-state index contributed by atoms with van der Waals surface area (Å²) in [6, 6.07) is 1.47. The minimum absolute atomic E-state index is 0.0215. The van der Waals surface area contributed by atoms with Gasteiger partial charge in [-0.3, -0.25) is 4.57 Å². The van der Waals surface area contributed by atoms with Crippen molar-refractivity contribution in [2.45, 2.75) is 95.8 Å². The fraction of sp³-hybridized carbons (Fsp3) is 0.810. The van der Waals surface area contributed by atoms with Crippen LogP contribution in [0, 0.1) is 0 Å². The highest BCUT2D eigenvalue weighted by atomic mass is 28.5. The molecular weight excluding hydrogens is 446 g/mol. The molecule has 11 heteroatoms. The molecule has 184 valence electrons. The molecule has 2 heterocycles. The smallest absolute Gasteiger partial charge is 0.351 e. The minimum Gasteiger partial charge on any atom is -0.414 e. The number of rotatable bonds is 10. The molecule has 1 aliphatic rings. The van der Waals surface area contributed by atoms with Crippen molar-refractivity contribution < 1.29 is 23.2 Å². The summed E-state index contributed by atoms with van der Waals surface area (Å²) >= 11 is 0. The Labute approximate surface area is 193 Å². The van der Waals surface area contributed by atoms with E-state index in [0.717, 1.165) is 4.57 Å². The first-order chi connectivity index (χ1) is 14.7. The molecule has 1 aromatic heterocycles. The molecule has 1 aliphatic heterocycles. The fourth-order valence-corrected chi connectivity index (χ4v) is 14.2. The maximum atomic E-state index is 12.2. The molecule has 9 nitrogen and oxygen atoms in total. The van der Waals surface area contributed by atoms with Crippen LogP contribution in [-0.2, 0) is 19.0 Å². The number of nitrogens with zero attached hydrogens (tertiary/aromatic N) is 2. The number of anilines is 1. The van der Waals surface area contributed by atoms with Gasteiger partial charge in [-0.25, -0.2) is 4.79 Å². The lowest BCUT2D eigenvalue weighted by Crippen LogP contribution is -2.60. The molecule has 1 saturated heterocycles. The van der Waals surface area contributed by atoms with Gasteiger partial charge in [0.2, 0.25) is 0 Å². The zero-order valence-corrected chi connectivity index (χ0v) is 22.7. The summed E-state index contributed by atoms with van der Waals surface area (Å²) in [5.74, 6) is 0.0995. The van der Waals surface area contributed by atoms with Gasteiger partial charge in [0.05, 0.1) is 19.3 Å². The van der Waals surface area contributed by atoms with Crippen LogP contribution < -0.4 is 11.4 Å². The van der Waals surface area contributed by atoms with Gasteiger partial charge >= 0.3 is 22.8 Å². The Balaban J connectivity index is 2.23. The van der Waals surface area contributed by atoms with E-state index in [4.69, 9.17) is 19.0 Å². The highest BCUT2D eigenvalue weighted by Gasteiger charge is 2.55. The normalized spacial score (nSPS) is 22.6. The number of hydrogen-bond donors (Lipinski definition) is 3. The summed E-state index contributed by atoms with van der Waals surface area (Å²) in [4.78, 5) is 27.4. The minimum atomic E-state index is -3.05. The zero-order chi connectivity index (χ0) is 24.5. The molecule has 0 spiro atoms. The van der Waals surface area contributed by atoms with Crippen molar-refractivity contribution in [2.24, 2.45) is 0 Å². The van der Waals surface area contributed by atoms with Crippen molar-refractivity contribution in [3.05, 3.63) is 22.7 Å². The van der Waals surface area contributed by atoms with E-state index in [-0.39, 0.29) is 47.6 Å². The molecule has 0 aromatic carbocycles. The second-order valence-electron chi connectivity index (χ2n) is 10.1. The van der Waals surface area contributed by atoms with E-state index in [9.17, 15) is 14.7 Å². The maximum Gasteiger partial charge on any atom is 0.351 e. The van der Waals surface area contributed by atoms with Crippen molar-refractivity contribution in [1.29, 1.82) is 0 Å². The second-order valence-corrected chi connectivity index (χ2v) is 18.8. The van der Waals surface area contributed by atoms with E-state index in [1.165, 1.54) is 12.3 Å². The van der Waals surface area contributed by atoms with Crippen molar-refractivity contribution in [1.82, 2.24) is 9.55 Å². The average molecular weight is 488 g/mol. The molecule has 0 radical (unpaired) electrons. The Morgan fingerprint density at radius 2 is 1.75 bits per heavy atom. The van der Waals surface area contributed by atoms with Gasteiger partial charge in [-0.05, 0) is 28.2 Å².